The molecule has 1 unspecified atom stereocenters. The van der Waals surface area contributed by atoms with Gasteiger partial charge in [0, 0.05) is 17.7 Å². The lowest BCUT2D eigenvalue weighted by Crippen LogP contribution is -2.35. The fourth-order valence-electron chi connectivity index (χ4n) is 2.61. The summed E-state index contributed by atoms with van der Waals surface area (Å²) in [5.74, 6) is 0.490. The summed E-state index contributed by atoms with van der Waals surface area (Å²) in [6.45, 7) is 1.91. The lowest BCUT2D eigenvalue weighted by atomic mass is 10.1. The summed E-state index contributed by atoms with van der Waals surface area (Å²) >= 11 is 3.14. The molecule has 1 aromatic carbocycles. The van der Waals surface area contributed by atoms with E-state index >= 15 is 0 Å². The van der Waals surface area contributed by atoms with Gasteiger partial charge >= 0.3 is 0 Å². The van der Waals surface area contributed by atoms with Crippen molar-refractivity contribution in [3.05, 3.63) is 62.5 Å². The van der Waals surface area contributed by atoms with Crippen LogP contribution in [0.2, 0.25) is 0 Å². The molecule has 2 aromatic rings. The van der Waals surface area contributed by atoms with E-state index in [9.17, 15) is 14.9 Å². The molecule has 120 valence electrons. The summed E-state index contributed by atoms with van der Waals surface area (Å²) in [6.07, 6.45) is 3.46. The second-order valence-electron chi connectivity index (χ2n) is 5.56. The van der Waals surface area contributed by atoms with E-state index < -0.39 is 4.92 Å². The van der Waals surface area contributed by atoms with Crippen LogP contribution in [0.3, 0.4) is 0 Å². The molecule has 1 heterocycles. The SMILES string of the molecule is CC(c1ccco1)N(C(=O)c1ccc(Br)c([N+](=O)[O-])c1)C1CC1. The Morgan fingerprint density at radius 1 is 1.43 bits per heavy atom. The zero-order valence-corrected chi connectivity index (χ0v) is 14.0. The lowest BCUT2D eigenvalue weighted by Gasteiger charge is -2.28. The number of halogens is 1. The molecular formula is C16H15BrN2O4. The Morgan fingerprint density at radius 2 is 2.17 bits per heavy atom. The van der Waals surface area contributed by atoms with Crippen LogP contribution in [-0.4, -0.2) is 21.8 Å². The van der Waals surface area contributed by atoms with E-state index in [0.717, 1.165) is 12.8 Å². The number of nitrogens with zero attached hydrogens (tertiary/aromatic N) is 2. The van der Waals surface area contributed by atoms with Gasteiger partial charge in [0.2, 0.25) is 0 Å². The van der Waals surface area contributed by atoms with E-state index in [1.54, 1.807) is 23.3 Å². The van der Waals surface area contributed by atoms with Gasteiger partial charge in [-0.3, -0.25) is 14.9 Å². The van der Waals surface area contributed by atoms with Gasteiger partial charge < -0.3 is 9.32 Å². The molecule has 6 nitrogen and oxygen atoms in total. The van der Waals surface area contributed by atoms with Crippen LogP contribution >= 0.6 is 15.9 Å². The van der Waals surface area contributed by atoms with Crippen molar-refractivity contribution in [1.29, 1.82) is 0 Å². The summed E-state index contributed by atoms with van der Waals surface area (Å²) in [6, 6.07) is 8.01. The third-order valence-electron chi connectivity index (χ3n) is 3.94. The maximum atomic E-state index is 12.9. The molecule has 0 aliphatic heterocycles. The van der Waals surface area contributed by atoms with E-state index in [1.165, 1.54) is 12.1 Å². The molecule has 0 spiro atoms. The number of carbonyl (C=O) groups excluding carboxylic acids is 1. The number of rotatable bonds is 5. The zero-order valence-electron chi connectivity index (χ0n) is 12.4. The molecule has 23 heavy (non-hydrogen) atoms. The van der Waals surface area contributed by atoms with Gasteiger partial charge in [0.1, 0.15) is 5.76 Å². The average molecular weight is 379 g/mol. The van der Waals surface area contributed by atoms with Crippen molar-refractivity contribution < 1.29 is 14.1 Å². The van der Waals surface area contributed by atoms with E-state index in [2.05, 4.69) is 15.9 Å². The number of nitro benzene ring substituents is 1. The summed E-state index contributed by atoms with van der Waals surface area (Å²) in [4.78, 5) is 25.2. The Morgan fingerprint density at radius 3 is 2.74 bits per heavy atom. The number of nitro groups is 1. The van der Waals surface area contributed by atoms with Gasteiger partial charge in [0.05, 0.1) is 21.7 Å². The van der Waals surface area contributed by atoms with E-state index in [1.807, 2.05) is 13.0 Å². The number of furan rings is 1. The highest BCUT2D eigenvalue weighted by atomic mass is 79.9. The van der Waals surface area contributed by atoms with Gasteiger partial charge in [-0.05, 0) is 60.0 Å². The molecule has 1 aromatic heterocycles. The van der Waals surface area contributed by atoms with Crippen molar-refractivity contribution >= 4 is 27.5 Å². The quantitative estimate of drug-likeness (QED) is 0.573. The Balaban J connectivity index is 1.93. The topological polar surface area (TPSA) is 76.6 Å². The molecule has 1 fully saturated rings. The molecule has 3 rings (SSSR count). The van der Waals surface area contributed by atoms with Crippen molar-refractivity contribution in [3.8, 4) is 0 Å². The highest BCUT2D eigenvalue weighted by molar-refractivity contribution is 9.10. The molecule has 1 aliphatic carbocycles. The first kappa shape index (κ1) is 15.7. The largest absolute Gasteiger partial charge is 0.467 e. The molecule has 1 aliphatic rings. The molecule has 0 saturated heterocycles. The van der Waals surface area contributed by atoms with Gasteiger partial charge in [-0.1, -0.05) is 0 Å². The number of benzene rings is 1. The van der Waals surface area contributed by atoms with Crippen LogP contribution in [-0.2, 0) is 0 Å². The maximum Gasteiger partial charge on any atom is 0.284 e. The van der Waals surface area contributed by atoms with Crippen LogP contribution in [0.4, 0.5) is 5.69 Å². The molecule has 1 saturated carbocycles. The van der Waals surface area contributed by atoms with Crippen molar-refractivity contribution in [1.82, 2.24) is 4.90 Å². The monoisotopic (exact) mass is 378 g/mol. The first-order chi connectivity index (χ1) is 11.0. The van der Waals surface area contributed by atoms with E-state index in [0.29, 0.717) is 15.8 Å². The minimum atomic E-state index is -0.502. The average Bonchev–Trinajstić information content (AvgIpc) is 3.19. The van der Waals surface area contributed by atoms with Crippen molar-refractivity contribution in [2.45, 2.75) is 31.8 Å². The maximum absolute atomic E-state index is 12.9. The number of hydrogen-bond donors (Lipinski definition) is 0. The normalized spacial score (nSPS) is 15.2. The molecule has 0 bridgehead atoms. The van der Waals surface area contributed by atoms with E-state index in [4.69, 9.17) is 4.42 Å². The minimum absolute atomic E-state index is 0.114. The third kappa shape index (κ3) is 3.14. The fourth-order valence-corrected chi connectivity index (χ4v) is 3.00. The van der Waals surface area contributed by atoms with Crippen LogP contribution in [0.25, 0.3) is 0 Å². The van der Waals surface area contributed by atoms with Gasteiger partial charge in [-0.25, -0.2) is 0 Å². The van der Waals surface area contributed by atoms with E-state index in [-0.39, 0.29) is 23.7 Å². The van der Waals surface area contributed by atoms with Crippen LogP contribution in [0.1, 0.15) is 41.9 Å². The van der Waals surface area contributed by atoms with Crippen molar-refractivity contribution in [2.75, 3.05) is 0 Å². The Hall–Kier alpha value is -2.15. The Labute approximate surface area is 141 Å². The first-order valence-electron chi connectivity index (χ1n) is 7.29. The van der Waals surface area contributed by atoms with Gasteiger partial charge in [0.15, 0.2) is 0 Å². The first-order valence-corrected chi connectivity index (χ1v) is 8.08. The van der Waals surface area contributed by atoms with Gasteiger partial charge in [0.25, 0.3) is 11.6 Å². The standard InChI is InChI=1S/C16H15BrN2O4/c1-10(15-3-2-8-23-15)18(12-5-6-12)16(20)11-4-7-13(17)14(9-11)19(21)22/h2-4,7-10,12H,5-6H2,1H3. The Kier molecular flexibility index (Phi) is 4.21. The number of hydrogen-bond acceptors (Lipinski definition) is 4. The molecular weight excluding hydrogens is 364 g/mol. The summed E-state index contributed by atoms with van der Waals surface area (Å²) in [5, 5.41) is 11.1. The number of carbonyl (C=O) groups is 1. The summed E-state index contributed by atoms with van der Waals surface area (Å²) < 4.78 is 5.77. The highest BCUT2D eigenvalue weighted by Gasteiger charge is 2.38. The Bertz CT molecular complexity index is 741. The molecule has 1 amide bonds. The molecule has 1 atom stereocenters. The number of amides is 1. The summed E-state index contributed by atoms with van der Waals surface area (Å²) in [7, 11) is 0. The predicted molar refractivity (Wildman–Crippen MR) is 87.1 cm³/mol. The lowest BCUT2D eigenvalue weighted by molar-refractivity contribution is -0.385. The van der Waals surface area contributed by atoms with Crippen LogP contribution < -0.4 is 0 Å². The van der Waals surface area contributed by atoms with Crippen molar-refractivity contribution in [3.63, 3.8) is 0 Å². The molecule has 7 heteroatoms. The predicted octanol–water partition coefficient (Wildman–Crippen LogP) is 4.32. The van der Waals surface area contributed by atoms with Crippen LogP contribution in [0, 0.1) is 10.1 Å². The second kappa shape index (κ2) is 6.16. The highest BCUT2D eigenvalue weighted by Crippen LogP contribution is 2.36. The van der Waals surface area contributed by atoms with Crippen LogP contribution in [0.15, 0.2) is 45.5 Å². The summed E-state index contributed by atoms with van der Waals surface area (Å²) in [5.41, 5.74) is 0.197. The molecule has 0 radical (unpaired) electrons. The third-order valence-corrected chi connectivity index (χ3v) is 4.61. The molecule has 0 N–H and O–H groups in total. The fraction of sp³-hybridized carbons (Fsp3) is 0.312. The second-order valence-corrected chi connectivity index (χ2v) is 6.41. The minimum Gasteiger partial charge on any atom is -0.467 e. The zero-order chi connectivity index (χ0) is 16.6. The van der Waals surface area contributed by atoms with Crippen LogP contribution in [0.5, 0.6) is 0 Å². The van der Waals surface area contributed by atoms with Gasteiger partial charge in [-0.15, -0.1) is 0 Å². The van der Waals surface area contributed by atoms with Gasteiger partial charge in [-0.2, -0.15) is 0 Å². The smallest absolute Gasteiger partial charge is 0.284 e. The van der Waals surface area contributed by atoms with Crippen molar-refractivity contribution in [2.24, 2.45) is 0 Å².